The number of urea groups is 1. The van der Waals surface area contributed by atoms with Gasteiger partial charge in [-0.1, -0.05) is 66.0 Å². The van der Waals surface area contributed by atoms with E-state index in [4.69, 9.17) is 57.1 Å². The average molecular weight is 1810 g/mol. The topological polar surface area (TPSA) is 483 Å². The lowest BCUT2D eigenvalue weighted by Gasteiger charge is -2.35. The zero-order valence-electron chi connectivity index (χ0n) is 78.7. The van der Waals surface area contributed by atoms with Crippen LogP contribution < -0.4 is 44.6 Å². The molecule has 10 fully saturated rings. The molecule has 0 radical (unpaired) electrons. The third kappa shape index (κ3) is 20.9. The number of benzene rings is 1. The molecule has 37 heteroatoms. The van der Waals surface area contributed by atoms with Gasteiger partial charge in [-0.15, -0.1) is 0 Å². The average Bonchev–Trinajstić information content (AvgIpc) is 1.58. The first-order valence-electron chi connectivity index (χ1n) is 48.6. The number of carbonyl (C=O) groups is 1. The number of rotatable bonds is 27. The number of carbonyl (C=O) groups excluding carboxylic acids is 1. The van der Waals surface area contributed by atoms with Crippen LogP contribution in [0.25, 0.3) is 44.7 Å². The minimum absolute atomic E-state index is 0.00443. The number of nitrogens with zero attached hydrogens (tertiary/aromatic N) is 19. The molecule has 16 atom stereocenters. The van der Waals surface area contributed by atoms with Gasteiger partial charge in [0.1, 0.15) is 71.8 Å². The van der Waals surface area contributed by atoms with E-state index in [1.165, 1.54) is 75.8 Å². The van der Waals surface area contributed by atoms with Gasteiger partial charge in [0.25, 0.3) is 0 Å². The van der Waals surface area contributed by atoms with E-state index in [0.717, 1.165) is 152 Å². The molecule has 2 amide bonds. The number of hydrogen-bond acceptors (Lipinski definition) is 31. The standard InChI is InChI=1S/C28H42N8O3.C23H37N7O2.C23H36N6O3.C20H30N6O2/c1-17(2)35(12-6-11-30-27(39)34-20-9-7-19(8-10-20)28(3,4)5)14-18-13-21(24(38)23(18)37)36-16-33-22-25(29)31-15-32-26(22)36;1-15(2)29(10-6-9-24)12-16-11-17(30-14-28-18-21(25)26-13-27-22(18)30)20-19(16)31-23(32-20)7-4-3-5-8-23;1-15(2)28(9-6-10-30)12-16-11-17(29-14-27-18-21(24)25-13-26-22(18)29)20-19(16)31-23(32-20)7-4-3-5-8-23;1-12(2)22-9-13-8-14(26-11-25-15-18(21)23-10-24-19(15)26)17-16(13)27-20(28-17)6-4-3-5-7-20/h7-10,15-18,21,23-24,37-38H,6,11-14H2,1-5H3,(H2,29,31,32)(H2,30,34,39);13-17,19-20H,3-12,24H2,1-2H3,(H2,25,26,27);13-17,19-20,30H,3-12H2,1-2H3,(H2,24,25,26);10-14,16-17,22H,3-9H2,1-2H3,(H2,21,23,24)/t18-,21-,23-,24+;2*16-,17-,19-,20+;13-,14-,16-,17+/m1111/s1. The van der Waals surface area contributed by atoms with Gasteiger partial charge in [0.05, 0.1) is 73.9 Å². The maximum Gasteiger partial charge on any atom is 0.319 e. The molecule has 19 rings (SSSR count). The Morgan fingerprint density at radius 2 is 0.794 bits per heavy atom. The molecule has 7 saturated carbocycles. The highest BCUT2D eigenvalue weighted by atomic mass is 16.8. The Kier molecular flexibility index (Phi) is 30.1. The number of aliphatic hydroxyl groups is 3. The number of amides is 2. The van der Waals surface area contributed by atoms with Crippen molar-refractivity contribution in [1.82, 2.24) is 103 Å². The fraction of sp³-hybridized carbons (Fsp3) is 0.713. The molecule has 10 aliphatic rings. The Morgan fingerprint density at radius 1 is 0.450 bits per heavy atom. The number of aromatic nitrogens is 16. The number of aliphatic hydroxyl groups excluding tert-OH is 3. The largest absolute Gasteiger partial charge is 0.396 e. The number of hydrogen-bond donors (Lipinski definition) is 11. The van der Waals surface area contributed by atoms with Crippen molar-refractivity contribution in [2.75, 3.05) is 93.8 Å². The molecule has 8 aromatic heterocycles. The second-order valence-electron chi connectivity index (χ2n) is 40.6. The molecule has 9 aromatic rings. The number of nitrogens with two attached hydrogens (primary N) is 5. The summed E-state index contributed by atoms with van der Waals surface area (Å²) in [6.07, 6.45) is 34.1. The summed E-state index contributed by atoms with van der Waals surface area (Å²) < 4.78 is 48.7. The molecule has 0 bridgehead atoms. The summed E-state index contributed by atoms with van der Waals surface area (Å²) in [6, 6.07) is 9.24. The molecule has 11 heterocycles. The van der Waals surface area contributed by atoms with E-state index in [-0.39, 0.29) is 96.6 Å². The highest BCUT2D eigenvalue weighted by molar-refractivity contribution is 5.89. The summed E-state index contributed by atoms with van der Waals surface area (Å²) in [5.41, 5.74) is 37.2. The monoisotopic (exact) mass is 1810 g/mol. The van der Waals surface area contributed by atoms with Gasteiger partial charge >= 0.3 is 6.03 Å². The van der Waals surface area contributed by atoms with Gasteiger partial charge < -0.3 is 121 Å². The molecule has 37 nitrogen and oxygen atoms in total. The summed E-state index contributed by atoms with van der Waals surface area (Å²) in [5, 5.41) is 40.6. The second kappa shape index (κ2) is 41.3. The smallest absolute Gasteiger partial charge is 0.319 e. The Hall–Kier alpha value is -8.67. The first-order chi connectivity index (χ1) is 63.0. The van der Waals surface area contributed by atoms with Gasteiger partial charge in [-0.2, -0.15) is 0 Å². The van der Waals surface area contributed by atoms with Crippen molar-refractivity contribution in [2.24, 2.45) is 29.4 Å². The predicted molar refractivity (Wildman–Crippen MR) is 502 cm³/mol. The van der Waals surface area contributed by atoms with E-state index < -0.39 is 29.6 Å². The zero-order chi connectivity index (χ0) is 92.2. The molecule has 16 N–H and O–H groups in total. The normalized spacial score (nSPS) is 27.7. The summed E-state index contributed by atoms with van der Waals surface area (Å²) in [5.74, 6) is 1.25. The van der Waals surface area contributed by atoms with Crippen molar-refractivity contribution >= 4 is 79.6 Å². The molecule has 3 aliphatic heterocycles. The molecular weight excluding hydrogens is 1670 g/mol. The van der Waals surface area contributed by atoms with Crippen molar-refractivity contribution < 1.29 is 48.5 Å². The summed E-state index contributed by atoms with van der Waals surface area (Å²) in [7, 11) is 0. The first kappa shape index (κ1) is 95.5. The molecule has 716 valence electrons. The lowest BCUT2D eigenvalue weighted by Crippen LogP contribution is -2.41. The van der Waals surface area contributed by atoms with E-state index in [1.807, 2.05) is 43.2 Å². The minimum Gasteiger partial charge on any atom is -0.396 e. The van der Waals surface area contributed by atoms with Gasteiger partial charge in [0.15, 0.2) is 63.2 Å². The third-order valence-corrected chi connectivity index (χ3v) is 29.4. The van der Waals surface area contributed by atoms with Crippen LogP contribution >= 0.6 is 0 Å². The van der Waals surface area contributed by atoms with E-state index in [0.29, 0.717) is 107 Å². The van der Waals surface area contributed by atoms with Crippen LogP contribution in [0, 0.1) is 23.7 Å². The van der Waals surface area contributed by atoms with Crippen LogP contribution in [0.4, 0.5) is 33.8 Å². The van der Waals surface area contributed by atoms with Crippen molar-refractivity contribution in [3.05, 3.63) is 80.4 Å². The second-order valence-corrected chi connectivity index (χ2v) is 40.6. The van der Waals surface area contributed by atoms with Crippen molar-refractivity contribution in [1.29, 1.82) is 0 Å². The number of nitrogen functional groups attached to an aromatic ring is 4. The van der Waals surface area contributed by atoms with Crippen LogP contribution in [0.3, 0.4) is 0 Å². The lowest BCUT2D eigenvalue weighted by molar-refractivity contribution is -0.206. The van der Waals surface area contributed by atoms with Crippen LogP contribution in [-0.2, 0) is 33.8 Å². The van der Waals surface area contributed by atoms with Crippen LogP contribution in [0.5, 0.6) is 0 Å². The Bertz CT molecular complexity index is 5070. The molecular formula is C94H145N27O10. The molecule has 3 spiro atoms. The van der Waals surface area contributed by atoms with E-state index in [2.05, 4.69) is 180 Å². The Morgan fingerprint density at radius 3 is 1.16 bits per heavy atom. The molecule has 1 aromatic carbocycles. The molecule has 3 saturated heterocycles. The van der Waals surface area contributed by atoms with Crippen molar-refractivity contribution in [3.63, 3.8) is 0 Å². The Labute approximate surface area is 768 Å². The van der Waals surface area contributed by atoms with Crippen molar-refractivity contribution in [2.45, 2.75) is 337 Å². The predicted octanol–water partition coefficient (Wildman–Crippen LogP) is 10.3. The maximum absolute atomic E-state index is 12.4. The molecule has 131 heavy (non-hydrogen) atoms. The number of imidazole rings is 4. The van der Waals surface area contributed by atoms with Gasteiger partial charge in [-0.05, 0) is 161 Å². The third-order valence-electron chi connectivity index (χ3n) is 29.4. The van der Waals surface area contributed by atoms with E-state index in [9.17, 15) is 20.1 Å². The quantitative estimate of drug-likeness (QED) is 0.0213. The minimum atomic E-state index is -0.944. The first-order valence-corrected chi connectivity index (χ1v) is 48.6. The number of ether oxygens (including phenoxy) is 6. The summed E-state index contributed by atoms with van der Waals surface area (Å²) in [4.78, 5) is 71.5. The lowest BCUT2D eigenvalue weighted by atomic mass is 9.87. The van der Waals surface area contributed by atoms with Crippen LogP contribution in [0.2, 0.25) is 0 Å². The number of nitrogens with one attached hydrogen (secondary N) is 3. The SMILES string of the molecule is CC(C)N(CCCN)C[C@H]1C[C@@H](n2cnc3c(N)ncnc32)[C@@H]2OC3(CCCCC3)O[C@H]12.CC(C)N(CCCNC(=O)Nc1ccc(C(C)(C)C)cc1)C[C@H]1C[C@@H](n2cnc3c(N)ncnc32)[C@H](O)[C@@H]1O.CC(C)N(CCCO)C[C@H]1C[C@@H](n2cnc3c(N)ncnc32)[C@@H]2OC3(CCCCC3)O[C@H]12.CC(C)NC[C@H]1C[C@@H](n2cnc3c(N)ncnc32)[C@@H]2OC3(CCCCC3)O[C@H]12. The van der Waals surface area contributed by atoms with E-state index >= 15 is 0 Å². The number of anilines is 5. The maximum atomic E-state index is 12.4. The summed E-state index contributed by atoms with van der Waals surface area (Å²) in [6.45, 7) is 31.6. The fourth-order valence-electron chi connectivity index (χ4n) is 22.3. The van der Waals surface area contributed by atoms with Crippen LogP contribution in [-0.4, -0.2) is 270 Å². The zero-order valence-corrected chi connectivity index (χ0v) is 78.7. The highest BCUT2D eigenvalue weighted by Gasteiger charge is 2.61. The van der Waals surface area contributed by atoms with E-state index in [1.54, 1.807) is 10.9 Å². The fourth-order valence-corrected chi connectivity index (χ4v) is 22.3. The van der Waals surface area contributed by atoms with Gasteiger partial charge in [-0.3, -0.25) is 0 Å². The number of fused-ring (bicyclic) bond motifs is 7. The van der Waals surface area contributed by atoms with Gasteiger partial charge in [0, 0.05) is 144 Å². The summed E-state index contributed by atoms with van der Waals surface area (Å²) >= 11 is 0. The molecule has 7 aliphatic carbocycles. The highest BCUT2D eigenvalue weighted by Crippen LogP contribution is 2.56. The Balaban J connectivity index is 0.000000128. The molecule has 0 unspecified atom stereocenters. The van der Waals surface area contributed by atoms with Crippen molar-refractivity contribution in [3.8, 4) is 0 Å². The van der Waals surface area contributed by atoms with Gasteiger partial charge in [0.2, 0.25) is 0 Å². The van der Waals surface area contributed by atoms with Crippen LogP contribution in [0.1, 0.15) is 247 Å². The van der Waals surface area contributed by atoms with Gasteiger partial charge in [-0.25, -0.2) is 64.6 Å². The van der Waals surface area contributed by atoms with Crippen LogP contribution in [0.15, 0.2) is 74.9 Å².